The van der Waals surface area contributed by atoms with Crippen molar-refractivity contribution >= 4 is 5.91 Å². The topological polar surface area (TPSA) is 41.6 Å². The van der Waals surface area contributed by atoms with Crippen LogP contribution in [0.3, 0.4) is 0 Å². The molecule has 4 nitrogen and oxygen atoms in total. The van der Waals surface area contributed by atoms with Gasteiger partial charge in [0.2, 0.25) is 5.91 Å². The third-order valence-electron chi connectivity index (χ3n) is 4.22. The van der Waals surface area contributed by atoms with Crippen LogP contribution in [0.4, 0.5) is 0 Å². The summed E-state index contributed by atoms with van der Waals surface area (Å²) in [6.45, 7) is 5.74. The van der Waals surface area contributed by atoms with Gasteiger partial charge in [-0.05, 0) is 44.6 Å². The van der Waals surface area contributed by atoms with E-state index in [2.05, 4.69) is 17.1 Å². The molecule has 2 fully saturated rings. The first-order valence-electron chi connectivity index (χ1n) is 7.24. The maximum atomic E-state index is 12.4. The molecule has 18 heavy (non-hydrogen) atoms. The molecule has 0 saturated carbocycles. The Bertz CT molecular complexity index is 277. The Morgan fingerprint density at radius 1 is 1.44 bits per heavy atom. The van der Waals surface area contributed by atoms with Gasteiger partial charge in [-0.3, -0.25) is 4.79 Å². The second-order valence-corrected chi connectivity index (χ2v) is 5.84. The number of ether oxygens (including phenoxy) is 1. The zero-order valence-corrected chi connectivity index (χ0v) is 11.7. The quantitative estimate of drug-likeness (QED) is 0.824. The number of hydrogen-bond donors (Lipinski definition) is 1. The minimum absolute atomic E-state index is 0.00649. The Hall–Kier alpha value is -0.610. The molecule has 0 aromatic carbocycles. The van der Waals surface area contributed by atoms with E-state index in [-0.39, 0.29) is 11.9 Å². The van der Waals surface area contributed by atoms with Crippen molar-refractivity contribution in [2.24, 2.45) is 11.8 Å². The van der Waals surface area contributed by atoms with Gasteiger partial charge in [0.1, 0.15) is 0 Å². The van der Waals surface area contributed by atoms with Crippen molar-refractivity contribution in [3.63, 3.8) is 0 Å². The van der Waals surface area contributed by atoms with Crippen LogP contribution >= 0.6 is 0 Å². The van der Waals surface area contributed by atoms with Crippen LogP contribution in [-0.2, 0) is 9.53 Å². The molecule has 2 heterocycles. The van der Waals surface area contributed by atoms with Gasteiger partial charge in [-0.15, -0.1) is 0 Å². The summed E-state index contributed by atoms with van der Waals surface area (Å²) in [5.74, 6) is 1.44. The molecule has 3 unspecified atom stereocenters. The van der Waals surface area contributed by atoms with E-state index in [0.29, 0.717) is 11.8 Å². The van der Waals surface area contributed by atoms with Crippen LogP contribution in [0.1, 0.15) is 32.6 Å². The lowest BCUT2D eigenvalue weighted by Crippen LogP contribution is -2.46. The van der Waals surface area contributed by atoms with Crippen LogP contribution in [0, 0.1) is 11.8 Å². The molecule has 2 aliphatic heterocycles. The predicted octanol–water partition coefficient (Wildman–Crippen LogP) is 1.26. The highest BCUT2D eigenvalue weighted by Crippen LogP contribution is 2.21. The van der Waals surface area contributed by atoms with Crippen LogP contribution < -0.4 is 5.32 Å². The summed E-state index contributed by atoms with van der Waals surface area (Å²) in [6, 6.07) is 0.00649. The highest BCUT2D eigenvalue weighted by Gasteiger charge is 2.30. The van der Waals surface area contributed by atoms with Crippen molar-refractivity contribution < 1.29 is 9.53 Å². The highest BCUT2D eigenvalue weighted by atomic mass is 16.5. The molecular weight excluding hydrogens is 228 g/mol. The lowest BCUT2D eigenvalue weighted by atomic mass is 10.0. The fraction of sp³-hybridized carbons (Fsp3) is 0.929. The van der Waals surface area contributed by atoms with Crippen molar-refractivity contribution in [1.82, 2.24) is 10.2 Å². The fourth-order valence-electron chi connectivity index (χ4n) is 3.01. The van der Waals surface area contributed by atoms with Gasteiger partial charge in [-0.1, -0.05) is 6.92 Å². The Kier molecular flexibility index (Phi) is 5.01. The number of rotatable bonds is 3. The zero-order chi connectivity index (χ0) is 13.0. The van der Waals surface area contributed by atoms with E-state index in [0.717, 1.165) is 45.6 Å². The number of nitrogens with zero attached hydrogens (tertiary/aromatic N) is 1. The van der Waals surface area contributed by atoms with Gasteiger partial charge in [0.25, 0.3) is 0 Å². The molecule has 0 radical (unpaired) electrons. The molecule has 0 aromatic rings. The Morgan fingerprint density at radius 2 is 2.28 bits per heavy atom. The van der Waals surface area contributed by atoms with Crippen molar-refractivity contribution in [2.45, 2.75) is 38.6 Å². The normalized spacial score (nSPS) is 34.4. The predicted molar refractivity (Wildman–Crippen MR) is 71.4 cm³/mol. The molecule has 2 rings (SSSR count). The van der Waals surface area contributed by atoms with Gasteiger partial charge in [0, 0.05) is 19.7 Å². The molecule has 0 bridgehead atoms. The largest absolute Gasteiger partial charge is 0.381 e. The van der Waals surface area contributed by atoms with Crippen LogP contribution in [-0.4, -0.2) is 50.2 Å². The van der Waals surface area contributed by atoms with E-state index in [1.807, 2.05) is 7.05 Å². The Morgan fingerprint density at radius 3 is 2.94 bits per heavy atom. The molecule has 104 valence electrons. The molecule has 2 aliphatic rings. The van der Waals surface area contributed by atoms with Crippen molar-refractivity contribution in [3.05, 3.63) is 0 Å². The third kappa shape index (κ3) is 3.45. The molecular formula is C14H26N2O2. The second-order valence-electron chi connectivity index (χ2n) is 5.84. The summed E-state index contributed by atoms with van der Waals surface area (Å²) in [5.41, 5.74) is 0. The maximum absolute atomic E-state index is 12.4. The molecule has 3 atom stereocenters. The van der Waals surface area contributed by atoms with Crippen LogP contribution in [0.2, 0.25) is 0 Å². The molecule has 0 aromatic heterocycles. The summed E-state index contributed by atoms with van der Waals surface area (Å²) in [5, 5.41) is 3.17. The number of hydrogen-bond acceptors (Lipinski definition) is 3. The average molecular weight is 254 g/mol. The lowest BCUT2D eigenvalue weighted by Gasteiger charge is -2.30. The first-order valence-corrected chi connectivity index (χ1v) is 7.24. The standard InChI is InChI=1S/C14H26N2O2/c1-11-5-6-16(14(17)13(8-11)15-2)9-12-4-3-7-18-10-12/h11-13,15H,3-10H2,1-2H3. The van der Waals surface area contributed by atoms with Gasteiger partial charge in [0.05, 0.1) is 12.6 Å². The van der Waals surface area contributed by atoms with E-state index in [9.17, 15) is 4.79 Å². The number of likely N-dealkylation sites (tertiary alicyclic amines) is 1. The van der Waals surface area contributed by atoms with Crippen molar-refractivity contribution in [1.29, 1.82) is 0 Å². The van der Waals surface area contributed by atoms with E-state index < -0.39 is 0 Å². The molecule has 0 aliphatic carbocycles. The van der Waals surface area contributed by atoms with Gasteiger partial charge < -0.3 is 15.0 Å². The van der Waals surface area contributed by atoms with E-state index in [1.54, 1.807) is 0 Å². The summed E-state index contributed by atoms with van der Waals surface area (Å²) in [6.07, 6.45) is 4.42. The van der Waals surface area contributed by atoms with Gasteiger partial charge >= 0.3 is 0 Å². The number of carbonyl (C=O) groups excluding carboxylic acids is 1. The molecule has 0 spiro atoms. The van der Waals surface area contributed by atoms with Gasteiger partial charge in [-0.25, -0.2) is 0 Å². The second kappa shape index (κ2) is 6.53. The summed E-state index contributed by atoms with van der Waals surface area (Å²) < 4.78 is 5.51. The monoisotopic (exact) mass is 254 g/mol. The average Bonchev–Trinajstić information content (AvgIpc) is 2.53. The van der Waals surface area contributed by atoms with E-state index in [4.69, 9.17) is 4.74 Å². The summed E-state index contributed by atoms with van der Waals surface area (Å²) in [7, 11) is 1.89. The number of carbonyl (C=O) groups is 1. The van der Waals surface area contributed by atoms with E-state index >= 15 is 0 Å². The van der Waals surface area contributed by atoms with Gasteiger partial charge in [0.15, 0.2) is 0 Å². The smallest absolute Gasteiger partial charge is 0.239 e. The lowest BCUT2D eigenvalue weighted by molar-refractivity contribution is -0.134. The SMILES string of the molecule is CNC1CC(C)CCN(CC2CCCOC2)C1=O. The Labute approximate surface area is 110 Å². The minimum atomic E-state index is 0.00649. The third-order valence-corrected chi connectivity index (χ3v) is 4.22. The van der Waals surface area contributed by atoms with Crippen molar-refractivity contribution in [3.8, 4) is 0 Å². The summed E-state index contributed by atoms with van der Waals surface area (Å²) in [4.78, 5) is 14.5. The van der Waals surface area contributed by atoms with Crippen LogP contribution in [0.25, 0.3) is 0 Å². The van der Waals surface area contributed by atoms with E-state index in [1.165, 1.54) is 6.42 Å². The molecule has 4 heteroatoms. The maximum Gasteiger partial charge on any atom is 0.239 e. The highest BCUT2D eigenvalue weighted by molar-refractivity contribution is 5.82. The van der Waals surface area contributed by atoms with Gasteiger partial charge in [-0.2, -0.15) is 0 Å². The molecule has 2 saturated heterocycles. The Balaban J connectivity index is 1.94. The first kappa shape index (κ1) is 13.8. The number of amides is 1. The fourth-order valence-corrected chi connectivity index (χ4v) is 3.01. The minimum Gasteiger partial charge on any atom is -0.381 e. The molecule has 1 N–H and O–H groups in total. The van der Waals surface area contributed by atoms with Crippen molar-refractivity contribution in [2.75, 3.05) is 33.4 Å². The molecule has 1 amide bonds. The first-order chi connectivity index (χ1) is 8.70. The van der Waals surface area contributed by atoms with Crippen LogP contribution in [0.5, 0.6) is 0 Å². The number of nitrogens with one attached hydrogen (secondary N) is 1. The van der Waals surface area contributed by atoms with Crippen LogP contribution in [0.15, 0.2) is 0 Å². The number of likely N-dealkylation sites (N-methyl/N-ethyl adjacent to an activating group) is 1. The zero-order valence-electron chi connectivity index (χ0n) is 11.7. The summed E-state index contributed by atoms with van der Waals surface area (Å²) >= 11 is 0.